The normalized spacial score (nSPS) is 36.3. The Bertz CT molecular complexity index is 512. The zero-order valence-corrected chi connectivity index (χ0v) is 17.6. The van der Waals surface area contributed by atoms with E-state index in [0.29, 0.717) is 24.3 Å². The molecule has 0 radical (unpaired) electrons. The third-order valence-electron chi connectivity index (χ3n) is 7.77. The monoisotopic (exact) mass is 364 g/mol. The second-order valence-electron chi connectivity index (χ2n) is 10.1. The van der Waals surface area contributed by atoms with E-state index in [-0.39, 0.29) is 17.5 Å². The predicted octanol–water partition coefficient (Wildman–Crippen LogP) is 4.85. The van der Waals surface area contributed by atoms with Gasteiger partial charge in [0.1, 0.15) is 5.54 Å². The van der Waals surface area contributed by atoms with Gasteiger partial charge in [-0.1, -0.05) is 46.5 Å². The van der Waals surface area contributed by atoms with Crippen molar-refractivity contribution in [3.8, 4) is 0 Å². The van der Waals surface area contributed by atoms with Gasteiger partial charge in [0, 0.05) is 12.6 Å². The zero-order valence-electron chi connectivity index (χ0n) is 17.6. The van der Waals surface area contributed by atoms with Gasteiger partial charge in [-0.05, 0) is 63.7 Å². The first-order valence-electron chi connectivity index (χ1n) is 11.0. The van der Waals surface area contributed by atoms with Crippen LogP contribution in [0.25, 0.3) is 0 Å². The molecule has 4 nitrogen and oxygen atoms in total. The molecule has 3 rings (SSSR count). The molecule has 3 fully saturated rings. The fraction of sp³-hybridized carbons (Fsp3) is 0.955. The Labute approximate surface area is 160 Å². The number of carbonyl (C=O) groups is 1. The molecule has 0 aromatic rings. The first-order chi connectivity index (χ1) is 12.2. The van der Waals surface area contributed by atoms with Gasteiger partial charge in [-0.3, -0.25) is 4.79 Å². The van der Waals surface area contributed by atoms with E-state index in [9.17, 15) is 10.0 Å². The summed E-state index contributed by atoms with van der Waals surface area (Å²) in [6.45, 7) is 11.9. The summed E-state index contributed by atoms with van der Waals surface area (Å²) in [6, 6.07) is 0.195. The molecule has 1 aliphatic heterocycles. The molecule has 0 aromatic heterocycles. The van der Waals surface area contributed by atoms with Crippen molar-refractivity contribution in [3.05, 3.63) is 0 Å². The summed E-state index contributed by atoms with van der Waals surface area (Å²) in [7, 11) is 0. The minimum Gasteiger partial charge on any atom is -0.337 e. The maximum atomic E-state index is 13.5. The zero-order chi connectivity index (χ0) is 19.1. The number of nitrogens with zero attached hydrogens (tertiary/aromatic N) is 2. The van der Waals surface area contributed by atoms with Crippen molar-refractivity contribution in [1.29, 1.82) is 0 Å². The van der Waals surface area contributed by atoms with E-state index in [4.69, 9.17) is 0 Å². The molecule has 2 spiro atoms. The van der Waals surface area contributed by atoms with E-state index >= 15 is 0 Å². The molecule has 1 N–H and O–H groups in total. The lowest BCUT2D eigenvalue weighted by molar-refractivity contribution is -0.288. The molecule has 2 unspecified atom stereocenters. The van der Waals surface area contributed by atoms with Crippen molar-refractivity contribution in [3.63, 3.8) is 0 Å². The van der Waals surface area contributed by atoms with Crippen LogP contribution in [0.5, 0.6) is 0 Å². The van der Waals surface area contributed by atoms with Gasteiger partial charge in [0.15, 0.2) is 0 Å². The molecule has 4 heteroatoms. The van der Waals surface area contributed by atoms with E-state index in [0.717, 1.165) is 44.9 Å². The second kappa shape index (κ2) is 7.43. The van der Waals surface area contributed by atoms with Crippen LogP contribution in [0.1, 0.15) is 92.4 Å². The first kappa shape index (κ1) is 20.1. The minimum absolute atomic E-state index is 0.181. The molecule has 0 bridgehead atoms. The third-order valence-corrected chi connectivity index (χ3v) is 7.77. The maximum absolute atomic E-state index is 13.5. The number of hydrogen-bond donors (Lipinski definition) is 1. The molecule has 2 saturated carbocycles. The highest BCUT2D eigenvalue weighted by molar-refractivity contribution is 5.87. The highest BCUT2D eigenvalue weighted by Crippen LogP contribution is 2.51. The molecule has 3 aliphatic rings. The summed E-state index contributed by atoms with van der Waals surface area (Å²) in [6.07, 6.45) is 9.46. The lowest BCUT2D eigenvalue weighted by Gasteiger charge is -2.61. The largest absolute Gasteiger partial charge is 0.337 e. The van der Waals surface area contributed by atoms with Gasteiger partial charge in [-0.15, -0.1) is 0 Å². The van der Waals surface area contributed by atoms with Gasteiger partial charge in [0.25, 0.3) is 0 Å². The van der Waals surface area contributed by atoms with Crippen molar-refractivity contribution < 1.29 is 10.0 Å². The average Bonchev–Trinajstić information content (AvgIpc) is 2.77. The molecular weight excluding hydrogens is 324 g/mol. The lowest BCUT2D eigenvalue weighted by Crippen LogP contribution is -2.77. The van der Waals surface area contributed by atoms with Crippen LogP contribution in [-0.2, 0) is 4.79 Å². The highest BCUT2D eigenvalue weighted by atomic mass is 16.5. The smallest absolute Gasteiger partial charge is 0.245 e. The Balaban J connectivity index is 2.09. The van der Waals surface area contributed by atoms with Crippen LogP contribution in [-0.4, -0.2) is 44.7 Å². The van der Waals surface area contributed by atoms with Crippen molar-refractivity contribution in [2.75, 3.05) is 6.54 Å². The van der Waals surface area contributed by atoms with Gasteiger partial charge >= 0.3 is 0 Å². The van der Waals surface area contributed by atoms with E-state index in [1.54, 1.807) is 5.06 Å². The topological polar surface area (TPSA) is 43.8 Å². The maximum Gasteiger partial charge on any atom is 0.245 e. The Morgan fingerprint density at radius 3 is 2.23 bits per heavy atom. The summed E-state index contributed by atoms with van der Waals surface area (Å²) in [4.78, 5) is 15.6. The Kier molecular flexibility index (Phi) is 5.75. The number of hydrogen-bond acceptors (Lipinski definition) is 3. The van der Waals surface area contributed by atoms with E-state index in [1.165, 1.54) is 12.8 Å². The number of piperazine rings is 1. The number of carbonyl (C=O) groups excluding carboxylic acids is 1. The van der Waals surface area contributed by atoms with E-state index in [2.05, 4.69) is 39.5 Å². The van der Waals surface area contributed by atoms with Crippen LogP contribution in [0.15, 0.2) is 0 Å². The fourth-order valence-electron chi connectivity index (χ4n) is 6.17. The van der Waals surface area contributed by atoms with Crippen molar-refractivity contribution >= 4 is 5.91 Å². The molecule has 2 aliphatic carbocycles. The number of amides is 1. The van der Waals surface area contributed by atoms with Crippen LogP contribution >= 0.6 is 0 Å². The van der Waals surface area contributed by atoms with Crippen molar-refractivity contribution in [1.82, 2.24) is 9.96 Å². The number of rotatable bonds is 2. The summed E-state index contributed by atoms with van der Waals surface area (Å²) in [5.74, 6) is 1.83. The quantitative estimate of drug-likeness (QED) is 0.761. The Morgan fingerprint density at radius 1 is 1.00 bits per heavy atom. The van der Waals surface area contributed by atoms with E-state index < -0.39 is 5.54 Å². The van der Waals surface area contributed by atoms with Crippen LogP contribution in [0.3, 0.4) is 0 Å². The van der Waals surface area contributed by atoms with Gasteiger partial charge < -0.3 is 10.1 Å². The SMILES string of the molecule is CC1CCC(C(C)C)[C@@]2(CC1)CN(C(C)C)C(=O)C1(CCCCC1)N2O. The number of hydroxylamine groups is 2. The molecule has 150 valence electrons. The van der Waals surface area contributed by atoms with Gasteiger partial charge in [0.2, 0.25) is 5.91 Å². The Morgan fingerprint density at radius 2 is 1.65 bits per heavy atom. The van der Waals surface area contributed by atoms with Crippen LogP contribution in [0.4, 0.5) is 0 Å². The van der Waals surface area contributed by atoms with Crippen LogP contribution < -0.4 is 0 Å². The summed E-state index contributed by atoms with van der Waals surface area (Å²) >= 11 is 0. The molecule has 1 heterocycles. The predicted molar refractivity (Wildman–Crippen MR) is 105 cm³/mol. The van der Waals surface area contributed by atoms with Gasteiger partial charge in [-0.2, -0.15) is 5.06 Å². The van der Waals surface area contributed by atoms with Crippen molar-refractivity contribution in [2.24, 2.45) is 17.8 Å². The first-order valence-corrected chi connectivity index (χ1v) is 11.0. The molecule has 26 heavy (non-hydrogen) atoms. The van der Waals surface area contributed by atoms with Crippen LogP contribution in [0, 0.1) is 17.8 Å². The standard InChI is InChI=1S/C22H40N2O2/c1-16(2)19-10-9-18(5)11-14-22(19)15-23(17(3)4)20(25)21(24(22)26)12-7-6-8-13-21/h16-19,26H,6-15H2,1-5H3/t18?,19?,22-/m1/s1. The Hall–Kier alpha value is -0.610. The lowest BCUT2D eigenvalue weighted by atomic mass is 9.67. The average molecular weight is 365 g/mol. The molecule has 3 atom stereocenters. The molecule has 0 aromatic carbocycles. The molecule has 1 saturated heterocycles. The van der Waals surface area contributed by atoms with Gasteiger partial charge in [-0.25, -0.2) is 0 Å². The molecule has 1 amide bonds. The summed E-state index contributed by atoms with van der Waals surface area (Å²) < 4.78 is 0. The fourth-order valence-corrected chi connectivity index (χ4v) is 6.17. The van der Waals surface area contributed by atoms with Crippen molar-refractivity contribution in [2.45, 2.75) is 110 Å². The van der Waals surface area contributed by atoms with E-state index in [1.807, 2.05) is 0 Å². The van der Waals surface area contributed by atoms with Crippen LogP contribution in [0.2, 0.25) is 0 Å². The summed E-state index contributed by atoms with van der Waals surface area (Å²) in [5, 5.41) is 13.4. The minimum atomic E-state index is -0.679. The third kappa shape index (κ3) is 3.11. The van der Waals surface area contributed by atoms with Gasteiger partial charge in [0.05, 0.1) is 5.54 Å². The molecular formula is C22H40N2O2. The highest BCUT2D eigenvalue weighted by Gasteiger charge is 2.62. The second-order valence-corrected chi connectivity index (χ2v) is 10.1. The summed E-state index contributed by atoms with van der Waals surface area (Å²) in [5.41, 5.74) is -0.962.